The molecule has 7 heteroatoms. The minimum atomic E-state index is -0.437. The summed E-state index contributed by atoms with van der Waals surface area (Å²) in [7, 11) is 0. The van der Waals surface area contributed by atoms with E-state index in [0.717, 1.165) is 5.56 Å². The number of halogens is 2. The summed E-state index contributed by atoms with van der Waals surface area (Å²) in [6, 6.07) is 16.5. The number of benzene rings is 3. The first kappa shape index (κ1) is 19.0. The van der Waals surface area contributed by atoms with Crippen molar-refractivity contribution in [1.82, 2.24) is 4.98 Å². The molecular formula is C22H16ClFN2O3. The van der Waals surface area contributed by atoms with Gasteiger partial charge in [0.15, 0.2) is 12.2 Å². The van der Waals surface area contributed by atoms with E-state index in [1.165, 1.54) is 18.2 Å². The number of carbonyl (C=O) groups is 1. The molecule has 4 aromatic rings. The highest BCUT2D eigenvalue weighted by Gasteiger charge is 2.13. The van der Waals surface area contributed by atoms with E-state index in [2.05, 4.69) is 10.3 Å². The van der Waals surface area contributed by atoms with Crippen molar-refractivity contribution in [2.24, 2.45) is 0 Å². The second kappa shape index (κ2) is 7.93. The van der Waals surface area contributed by atoms with Crippen LogP contribution in [0.2, 0.25) is 5.02 Å². The molecule has 0 aliphatic rings. The molecule has 1 heterocycles. The lowest BCUT2D eigenvalue weighted by molar-refractivity contribution is -0.118. The Bertz CT molecular complexity index is 1190. The highest BCUT2D eigenvalue weighted by atomic mass is 35.5. The fourth-order valence-corrected chi connectivity index (χ4v) is 3.01. The SMILES string of the molecule is Cc1ccc(OCC(=O)Nc2ccc3oc(-c4ccc(F)cc4Cl)nc3c2)cc1. The third-order valence-corrected chi connectivity index (χ3v) is 4.54. The van der Waals surface area contributed by atoms with Gasteiger partial charge >= 0.3 is 0 Å². The van der Waals surface area contributed by atoms with Crippen molar-refractivity contribution in [1.29, 1.82) is 0 Å². The fraction of sp³-hybridized carbons (Fsp3) is 0.0909. The Morgan fingerprint density at radius 1 is 1.14 bits per heavy atom. The topological polar surface area (TPSA) is 64.4 Å². The number of nitrogens with zero attached hydrogens (tertiary/aromatic N) is 1. The molecule has 1 N–H and O–H groups in total. The Hall–Kier alpha value is -3.38. The van der Waals surface area contributed by atoms with Gasteiger partial charge in [-0.2, -0.15) is 0 Å². The summed E-state index contributed by atoms with van der Waals surface area (Å²) < 4.78 is 24.4. The van der Waals surface area contributed by atoms with E-state index in [9.17, 15) is 9.18 Å². The molecule has 146 valence electrons. The molecule has 0 aliphatic carbocycles. The Balaban J connectivity index is 1.47. The van der Waals surface area contributed by atoms with Gasteiger partial charge in [-0.1, -0.05) is 29.3 Å². The number of fused-ring (bicyclic) bond motifs is 1. The second-order valence-electron chi connectivity index (χ2n) is 6.48. The van der Waals surface area contributed by atoms with E-state index in [1.54, 1.807) is 18.2 Å². The molecule has 0 saturated carbocycles. The van der Waals surface area contributed by atoms with Gasteiger partial charge in [0, 0.05) is 5.69 Å². The predicted molar refractivity (Wildman–Crippen MR) is 110 cm³/mol. The van der Waals surface area contributed by atoms with Crippen LogP contribution in [0.25, 0.3) is 22.6 Å². The average Bonchev–Trinajstić information content (AvgIpc) is 3.10. The second-order valence-corrected chi connectivity index (χ2v) is 6.88. The molecule has 5 nitrogen and oxygen atoms in total. The Morgan fingerprint density at radius 3 is 2.69 bits per heavy atom. The third-order valence-electron chi connectivity index (χ3n) is 4.22. The van der Waals surface area contributed by atoms with Crippen molar-refractivity contribution in [3.8, 4) is 17.2 Å². The molecule has 0 spiro atoms. The largest absolute Gasteiger partial charge is 0.484 e. The molecule has 0 fully saturated rings. The van der Waals surface area contributed by atoms with E-state index in [0.29, 0.717) is 28.1 Å². The molecule has 3 aromatic carbocycles. The molecule has 29 heavy (non-hydrogen) atoms. The predicted octanol–water partition coefficient (Wildman–Crippen LogP) is 5.61. The number of anilines is 1. The van der Waals surface area contributed by atoms with Gasteiger partial charge in [0.05, 0.1) is 10.6 Å². The molecule has 0 saturated heterocycles. The van der Waals surface area contributed by atoms with Crippen LogP contribution in [0.1, 0.15) is 5.56 Å². The van der Waals surface area contributed by atoms with E-state index in [-0.39, 0.29) is 23.4 Å². The first-order valence-corrected chi connectivity index (χ1v) is 9.21. The Morgan fingerprint density at radius 2 is 1.93 bits per heavy atom. The van der Waals surface area contributed by atoms with Crippen LogP contribution in [-0.2, 0) is 4.79 Å². The molecule has 1 amide bonds. The van der Waals surface area contributed by atoms with Crippen LogP contribution in [0.15, 0.2) is 65.1 Å². The first-order valence-electron chi connectivity index (χ1n) is 8.83. The summed E-state index contributed by atoms with van der Waals surface area (Å²) in [5, 5.41) is 2.97. The van der Waals surface area contributed by atoms with Gasteiger partial charge in [-0.25, -0.2) is 9.37 Å². The lowest BCUT2D eigenvalue weighted by Gasteiger charge is -2.07. The number of amides is 1. The smallest absolute Gasteiger partial charge is 0.262 e. The molecule has 1 aromatic heterocycles. The maximum absolute atomic E-state index is 13.2. The van der Waals surface area contributed by atoms with Crippen LogP contribution in [0.3, 0.4) is 0 Å². The average molecular weight is 411 g/mol. The van der Waals surface area contributed by atoms with E-state index in [1.807, 2.05) is 31.2 Å². The quantitative estimate of drug-likeness (QED) is 0.464. The monoisotopic (exact) mass is 410 g/mol. The standard InChI is InChI=1S/C22H16ClFN2O3/c1-13-2-6-16(7-3-13)28-12-21(27)25-15-5-9-20-19(11-15)26-22(29-20)17-8-4-14(24)10-18(17)23/h2-11H,12H2,1H3,(H,25,27). The van der Waals surface area contributed by atoms with Crippen LogP contribution in [-0.4, -0.2) is 17.5 Å². The molecule has 4 rings (SSSR count). The third kappa shape index (κ3) is 4.38. The van der Waals surface area contributed by atoms with Crippen LogP contribution in [0.4, 0.5) is 10.1 Å². The van der Waals surface area contributed by atoms with Crippen LogP contribution in [0.5, 0.6) is 5.75 Å². The van der Waals surface area contributed by atoms with Crippen molar-refractivity contribution >= 4 is 34.3 Å². The Labute approximate surface area is 171 Å². The van der Waals surface area contributed by atoms with E-state index in [4.69, 9.17) is 20.8 Å². The fourth-order valence-electron chi connectivity index (χ4n) is 2.76. The lowest BCUT2D eigenvalue weighted by atomic mass is 10.2. The number of carbonyl (C=O) groups excluding carboxylic acids is 1. The number of nitrogens with one attached hydrogen (secondary N) is 1. The van der Waals surface area contributed by atoms with E-state index < -0.39 is 5.82 Å². The molecule has 0 unspecified atom stereocenters. The van der Waals surface area contributed by atoms with Crippen molar-refractivity contribution < 1.29 is 18.3 Å². The Kier molecular flexibility index (Phi) is 5.18. The number of rotatable bonds is 5. The number of oxazole rings is 1. The zero-order chi connectivity index (χ0) is 20.4. The molecule has 0 radical (unpaired) electrons. The maximum atomic E-state index is 13.2. The molecule has 0 bridgehead atoms. The first-order chi connectivity index (χ1) is 14.0. The summed E-state index contributed by atoms with van der Waals surface area (Å²) in [6.07, 6.45) is 0. The summed E-state index contributed by atoms with van der Waals surface area (Å²) in [4.78, 5) is 16.5. The van der Waals surface area contributed by atoms with Crippen LogP contribution < -0.4 is 10.1 Å². The van der Waals surface area contributed by atoms with Crippen molar-refractivity contribution in [2.45, 2.75) is 6.92 Å². The van der Waals surface area contributed by atoms with Gasteiger partial charge in [0.2, 0.25) is 5.89 Å². The van der Waals surface area contributed by atoms with Gasteiger partial charge in [-0.05, 0) is 55.5 Å². The molecular weight excluding hydrogens is 395 g/mol. The van der Waals surface area contributed by atoms with Gasteiger partial charge in [-0.15, -0.1) is 0 Å². The molecule has 0 atom stereocenters. The van der Waals surface area contributed by atoms with Gasteiger partial charge in [0.25, 0.3) is 5.91 Å². The van der Waals surface area contributed by atoms with Crippen molar-refractivity contribution in [2.75, 3.05) is 11.9 Å². The maximum Gasteiger partial charge on any atom is 0.262 e. The number of hydrogen-bond acceptors (Lipinski definition) is 4. The normalized spacial score (nSPS) is 10.9. The van der Waals surface area contributed by atoms with Crippen molar-refractivity contribution in [3.63, 3.8) is 0 Å². The summed E-state index contributed by atoms with van der Waals surface area (Å²) in [6.45, 7) is 1.86. The number of ether oxygens (including phenoxy) is 1. The highest BCUT2D eigenvalue weighted by molar-refractivity contribution is 6.33. The summed E-state index contributed by atoms with van der Waals surface area (Å²) in [5.74, 6) is 0.164. The summed E-state index contributed by atoms with van der Waals surface area (Å²) >= 11 is 6.07. The zero-order valence-electron chi connectivity index (χ0n) is 15.4. The van der Waals surface area contributed by atoms with Gasteiger partial charge in [0.1, 0.15) is 17.1 Å². The number of aryl methyl sites for hydroxylation is 1. The highest BCUT2D eigenvalue weighted by Crippen LogP contribution is 2.31. The van der Waals surface area contributed by atoms with Crippen molar-refractivity contribution in [3.05, 3.63) is 77.1 Å². The lowest BCUT2D eigenvalue weighted by Crippen LogP contribution is -2.20. The van der Waals surface area contributed by atoms with Crippen LogP contribution >= 0.6 is 11.6 Å². The van der Waals surface area contributed by atoms with Gasteiger partial charge < -0.3 is 14.5 Å². The van der Waals surface area contributed by atoms with Gasteiger partial charge in [-0.3, -0.25) is 4.79 Å². The minimum Gasteiger partial charge on any atom is -0.484 e. The minimum absolute atomic E-state index is 0.115. The van der Waals surface area contributed by atoms with E-state index >= 15 is 0 Å². The molecule has 0 aliphatic heterocycles. The number of hydrogen-bond donors (Lipinski definition) is 1. The number of aromatic nitrogens is 1. The zero-order valence-corrected chi connectivity index (χ0v) is 16.2. The van der Waals surface area contributed by atoms with Crippen LogP contribution in [0, 0.1) is 12.7 Å². The summed E-state index contributed by atoms with van der Waals surface area (Å²) in [5.41, 5.74) is 3.22.